The molecule has 3 rings (SSSR count). The fraction of sp³-hybridized carbons (Fsp3) is 0.316. The molecule has 1 aliphatic rings. The van der Waals surface area contributed by atoms with E-state index in [1.165, 1.54) is 18.2 Å². The monoisotopic (exact) mass is 356 g/mol. The van der Waals surface area contributed by atoms with E-state index in [0.29, 0.717) is 17.9 Å². The van der Waals surface area contributed by atoms with Crippen molar-refractivity contribution >= 4 is 28.3 Å². The average Bonchev–Trinajstić information content (AvgIpc) is 3.03. The number of esters is 1. The van der Waals surface area contributed by atoms with Gasteiger partial charge in [-0.2, -0.15) is 0 Å². The van der Waals surface area contributed by atoms with Crippen molar-refractivity contribution in [2.45, 2.75) is 32.6 Å². The zero-order valence-corrected chi connectivity index (χ0v) is 15.0. The van der Waals surface area contributed by atoms with E-state index in [9.17, 15) is 9.59 Å². The first-order valence-corrected chi connectivity index (χ1v) is 9.10. The predicted octanol–water partition coefficient (Wildman–Crippen LogP) is 3.78. The number of carbonyl (C=O) groups excluding carboxylic acids is 2. The van der Waals surface area contributed by atoms with Crippen molar-refractivity contribution in [1.29, 1.82) is 0 Å². The van der Waals surface area contributed by atoms with Crippen LogP contribution in [0.3, 0.4) is 0 Å². The number of benzene rings is 1. The number of aromatic nitrogens is 1. The third kappa shape index (κ3) is 3.96. The molecule has 1 aromatic carbocycles. The average molecular weight is 356 g/mol. The van der Waals surface area contributed by atoms with Crippen LogP contribution >= 0.6 is 11.3 Å². The Morgan fingerprint density at radius 2 is 2.00 bits per heavy atom. The molecule has 0 saturated carbocycles. The van der Waals surface area contributed by atoms with Crippen LogP contribution in [0.4, 0.5) is 5.13 Å². The second-order valence-corrected chi connectivity index (χ2v) is 6.96. The first-order chi connectivity index (χ1) is 12.1. The number of aryl methyl sites for hydroxylation is 2. The number of fused-ring (bicyclic) bond motifs is 1. The van der Waals surface area contributed by atoms with E-state index in [2.05, 4.69) is 11.6 Å². The Labute approximate surface area is 150 Å². The number of carbonyl (C=O) groups is 2. The third-order valence-corrected chi connectivity index (χ3v) is 5.17. The number of hydrogen-bond acceptors (Lipinski definition) is 5. The van der Waals surface area contributed by atoms with Crippen molar-refractivity contribution in [3.8, 4) is 5.75 Å². The van der Waals surface area contributed by atoms with Gasteiger partial charge in [0.05, 0.1) is 5.69 Å². The van der Waals surface area contributed by atoms with E-state index in [4.69, 9.17) is 4.74 Å². The summed E-state index contributed by atoms with van der Waals surface area (Å²) in [4.78, 5) is 31.5. The second-order valence-electron chi connectivity index (χ2n) is 5.90. The van der Waals surface area contributed by atoms with E-state index in [-0.39, 0.29) is 11.9 Å². The fourth-order valence-electron chi connectivity index (χ4n) is 2.82. The highest BCUT2D eigenvalue weighted by molar-refractivity contribution is 7.16. The largest absolute Gasteiger partial charge is 0.427 e. The van der Waals surface area contributed by atoms with Crippen LogP contribution in [0.5, 0.6) is 5.75 Å². The minimum atomic E-state index is -0.388. The van der Waals surface area contributed by atoms with E-state index in [0.717, 1.165) is 30.1 Å². The fourth-order valence-corrected chi connectivity index (χ4v) is 3.97. The maximum Gasteiger partial charge on any atom is 0.308 e. The molecule has 5 nitrogen and oxygen atoms in total. The van der Waals surface area contributed by atoms with E-state index < -0.39 is 0 Å². The van der Waals surface area contributed by atoms with Gasteiger partial charge in [-0.15, -0.1) is 17.9 Å². The Morgan fingerprint density at radius 3 is 2.64 bits per heavy atom. The van der Waals surface area contributed by atoms with Crippen LogP contribution in [-0.2, 0) is 17.6 Å². The maximum atomic E-state index is 12.9. The lowest BCUT2D eigenvalue weighted by atomic mass is 10.0. The van der Waals surface area contributed by atoms with Crippen LogP contribution in [0, 0.1) is 0 Å². The Bertz CT molecular complexity index is 772. The van der Waals surface area contributed by atoms with Gasteiger partial charge in [0.1, 0.15) is 5.75 Å². The Balaban J connectivity index is 1.84. The topological polar surface area (TPSA) is 59.5 Å². The van der Waals surface area contributed by atoms with Crippen molar-refractivity contribution < 1.29 is 14.3 Å². The Kier molecular flexibility index (Phi) is 5.28. The molecule has 130 valence electrons. The molecule has 0 fully saturated rings. The van der Waals surface area contributed by atoms with Crippen LogP contribution in [-0.4, -0.2) is 23.4 Å². The molecule has 0 bridgehead atoms. The number of nitrogens with zero attached hydrogens (tertiary/aromatic N) is 2. The molecule has 0 saturated heterocycles. The minimum absolute atomic E-state index is 0.139. The van der Waals surface area contributed by atoms with E-state index in [1.807, 2.05) is 0 Å². The molecule has 1 aromatic heterocycles. The molecule has 1 heterocycles. The van der Waals surface area contributed by atoms with E-state index in [1.54, 1.807) is 46.6 Å². The number of anilines is 1. The van der Waals surface area contributed by atoms with Gasteiger partial charge in [0.2, 0.25) is 0 Å². The van der Waals surface area contributed by atoms with Gasteiger partial charge in [0.15, 0.2) is 5.13 Å². The summed E-state index contributed by atoms with van der Waals surface area (Å²) in [5.41, 5.74) is 1.64. The van der Waals surface area contributed by atoms with Crippen molar-refractivity contribution in [3.05, 3.63) is 53.1 Å². The summed E-state index contributed by atoms with van der Waals surface area (Å²) < 4.78 is 5.01. The Morgan fingerprint density at radius 1 is 1.28 bits per heavy atom. The highest BCUT2D eigenvalue weighted by atomic mass is 32.1. The lowest BCUT2D eigenvalue weighted by Crippen LogP contribution is -2.31. The lowest BCUT2D eigenvalue weighted by Gasteiger charge is -2.18. The summed E-state index contributed by atoms with van der Waals surface area (Å²) in [6.45, 7) is 5.50. The molecule has 25 heavy (non-hydrogen) atoms. The van der Waals surface area contributed by atoms with Gasteiger partial charge in [-0.1, -0.05) is 6.08 Å². The number of ether oxygens (including phenoxy) is 1. The molecule has 1 aliphatic carbocycles. The molecule has 6 heteroatoms. The minimum Gasteiger partial charge on any atom is -0.427 e. The summed E-state index contributed by atoms with van der Waals surface area (Å²) in [5.74, 6) is -0.106. The highest BCUT2D eigenvalue weighted by Gasteiger charge is 2.23. The molecule has 1 amide bonds. The van der Waals surface area contributed by atoms with Gasteiger partial charge in [0.25, 0.3) is 5.91 Å². The van der Waals surface area contributed by atoms with Crippen molar-refractivity contribution in [1.82, 2.24) is 4.98 Å². The zero-order chi connectivity index (χ0) is 17.8. The molecule has 0 unspecified atom stereocenters. The Hall–Kier alpha value is -2.47. The van der Waals surface area contributed by atoms with E-state index >= 15 is 0 Å². The molecule has 2 aromatic rings. The van der Waals surface area contributed by atoms with Gasteiger partial charge in [-0.05, 0) is 49.9 Å². The number of rotatable bonds is 5. The summed E-state index contributed by atoms with van der Waals surface area (Å²) in [6.07, 6.45) is 6.07. The molecule has 0 spiro atoms. The standard InChI is InChI=1S/C19H20N2O3S/c1-3-12-21(19-20-16-6-4-5-7-17(16)25-19)18(23)14-8-10-15(11-9-14)24-13(2)22/h3,8-11H,1,4-7,12H2,2H3. The van der Waals surface area contributed by atoms with Crippen LogP contribution in [0.1, 0.15) is 40.7 Å². The van der Waals surface area contributed by atoms with Gasteiger partial charge in [0, 0.05) is 23.9 Å². The SMILES string of the molecule is C=CCN(C(=O)c1ccc(OC(C)=O)cc1)c1nc2c(s1)CCCC2. The van der Waals surface area contributed by atoms with Crippen LogP contribution in [0.2, 0.25) is 0 Å². The predicted molar refractivity (Wildman–Crippen MR) is 98.4 cm³/mol. The summed E-state index contributed by atoms with van der Waals surface area (Å²) >= 11 is 1.59. The smallest absolute Gasteiger partial charge is 0.308 e. The normalized spacial score (nSPS) is 13.0. The second kappa shape index (κ2) is 7.61. The number of thiazole rings is 1. The first kappa shape index (κ1) is 17.4. The maximum absolute atomic E-state index is 12.9. The highest BCUT2D eigenvalue weighted by Crippen LogP contribution is 2.32. The molecule has 0 N–H and O–H groups in total. The quantitative estimate of drug-likeness (QED) is 0.465. The molecular formula is C19H20N2O3S. The summed E-state index contributed by atoms with van der Waals surface area (Å²) in [7, 11) is 0. The molecule has 0 aliphatic heterocycles. The molecular weight excluding hydrogens is 336 g/mol. The van der Waals surface area contributed by atoms with Crippen molar-refractivity contribution in [2.24, 2.45) is 0 Å². The van der Waals surface area contributed by atoms with Crippen LogP contribution < -0.4 is 9.64 Å². The van der Waals surface area contributed by atoms with Gasteiger partial charge in [-0.25, -0.2) is 4.98 Å². The third-order valence-electron chi connectivity index (χ3n) is 3.98. The van der Waals surface area contributed by atoms with Crippen LogP contribution in [0.15, 0.2) is 36.9 Å². The summed E-state index contributed by atoms with van der Waals surface area (Å²) in [5, 5.41) is 0.723. The molecule has 0 atom stereocenters. The van der Waals surface area contributed by atoms with Gasteiger partial charge in [-0.3, -0.25) is 14.5 Å². The van der Waals surface area contributed by atoms with Gasteiger partial charge >= 0.3 is 5.97 Å². The van der Waals surface area contributed by atoms with Gasteiger partial charge < -0.3 is 4.74 Å². The zero-order valence-electron chi connectivity index (χ0n) is 14.2. The molecule has 0 radical (unpaired) electrons. The summed E-state index contributed by atoms with van der Waals surface area (Å²) in [6, 6.07) is 6.55. The lowest BCUT2D eigenvalue weighted by molar-refractivity contribution is -0.131. The van der Waals surface area contributed by atoms with Crippen molar-refractivity contribution in [2.75, 3.05) is 11.4 Å². The first-order valence-electron chi connectivity index (χ1n) is 8.28. The van der Waals surface area contributed by atoms with Crippen LogP contribution in [0.25, 0.3) is 0 Å². The van der Waals surface area contributed by atoms with Crippen molar-refractivity contribution in [3.63, 3.8) is 0 Å². The number of hydrogen-bond donors (Lipinski definition) is 0. The number of amides is 1.